The molecule has 19 heavy (non-hydrogen) atoms. The normalized spacial score (nSPS) is 40.3. The first-order valence-electron chi connectivity index (χ1n) is 7.84. The van der Waals surface area contributed by atoms with Crippen molar-refractivity contribution in [2.24, 2.45) is 17.3 Å². The third kappa shape index (κ3) is 3.93. The van der Waals surface area contributed by atoms with Gasteiger partial charge in [0.1, 0.15) is 0 Å². The number of likely N-dealkylation sites (tertiary alicyclic amines) is 1. The second-order valence-electron chi connectivity index (χ2n) is 7.53. The van der Waals surface area contributed by atoms with Gasteiger partial charge in [0, 0.05) is 20.2 Å². The molecule has 0 aromatic carbocycles. The Labute approximate surface area is 118 Å². The van der Waals surface area contributed by atoms with Gasteiger partial charge in [0.2, 0.25) is 0 Å². The maximum Gasteiger partial charge on any atom is 0.0724 e. The van der Waals surface area contributed by atoms with Crippen LogP contribution >= 0.6 is 0 Å². The minimum absolute atomic E-state index is 0.103. The molecule has 4 unspecified atom stereocenters. The fourth-order valence-corrected chi connectivity index (χ4v) is 3.81. The molecule has 3 heteroatoms. The van der Waals surface area contributed by atoms with E-state index in [2.05, 4.69) is 25.7 Å². The lowest BCUT2D eigenvalue weighted by molar-refractivity contribution is -0.0356. The minimum Gasteiger partial charge on any atom is -0.393 e. The molecule has 0 radical (unpaired) electrons. The lowest BCUT2D eigenvalue weighted by Crippen LogP contribution is -2.48. The zero-order valence-electron chi connectivity index (χ0n) is 13.1. The number of hydrogen-bond donors (Lipinski definition) is 1. The van der Waals surface area contributed by atoms with E-state index in [1.165, 1.54) is 6.42 Å². The summed E-state index contributed by atoms with van der Waals surface area (Å²) in [6.45, 7) is 10.2. The summed E-state index contributed by atoms with van der Waals surface area (Å²) in [4.78, 5) is 2.50. The first-order valence-corrected chi connectivity index (χ1v) is 7.84. The quantitative estimate of drug-likeness (QED) is 0.854. The zero-order chi connectivity index (χ0) is 14.0. The summed E-state index contributed by atoms with van der Waals surface area (Å²) in [6, 6.07) is 0. The Bertz CT molecular complexity index is 292. The standard InChI is InChI=1S/C16H31NO2/c1-12-6-8-17(11-15(12)19-4)10-13-9-16(2,3)7-5-14(13)18/h12-15,18H,5-11H2,1-4H3. The second-order valence-corrected chi connectivity index (χ2v) is 7.53. The van der Waals surface area contributed by atoms with Crippen molar-refractivity contribution in [1.82, 2.24) is 4.90 Å². The Hall–Kier alpha value is -0.120. The highest BCUT2D eigenvalue weighted by Crippen LogP contribution is 2.39. The van der Waals surface area contributed by atoms with Gasteiger partial charge in [-0.2, -0.15) is 0 Å². The van der Waals surface area contributed by atoms with Gasteiger partial charge >= 0.3 is 0 Å². The van der Waals surface area contributed by atoms with Crippen molar-refractivity contribution in [3.8, 4) is 0 Å². The van der Waals surface area contributed by atoms with Gasteiger partial charge in [0.05, 0.1) is 12.2 Å². The second kappa shape index (κ2) is 6.11. The Kier molecular flexibility index (Phi) is 4.91. The minimum atomic E-state index is -0.103. The van der Waals surface area contributed by atoms with Crippen LogP contribution in [0, 0.1) is 17.3 Å². The zero-order valence-corrected chi connectivity index (χ0v) is 13.1. The summed E-state index contributed by atoms with van der Waals surface area (Å²) in [5.41, 5.74) is 0.396. The fraction of sp³-hybridized carbons (Fsp3) is 1.00. The lowest BCUT2D eigenvalue weighted by atomic mass is 9.70. The largest absolute Gasteiger partial charge is 0.393 e. The van der Waals surface area contributed by atoms with E-state index in [9.17, 15) is 5.11 Å². The summed E-state index contributed by atoms with van der Waals surface area (Å²) in [7, 11) is 1.82. The molecule has 0 bridgehead atoms. The average molecular weight is 269 g/mol. The molecular weight excluding hydrogens is 238 g/mol. The SMILES string of the molecule is COC1CN(CC2CC(C)(C)CCC2O)CCC1C. The molecule has 1 saturated heterocycles. The summed E-state index contributed by atoms with van der Waals surface area (Å²) in [6.07, 6.45) is 4.75. The maximum absolute atomic E-state index is 10.2. The van der Waals surface area contributed by atoms with E-state index in [0.717, 1.165) is 38.9 Å². The number of methoxy groups -OCH3 is 1. The van der Waals surface area contributed by atoms with Gasteiger partial charge in [-0.05, 0) is 49.5 Å². The van der Waals surface area contributed by atoms with E-state index >= 15 is 0 Å². The van der Waals surface area contributed by atoms with Gasteiger partial charge in [0.25, 0.3) is 0 Å². The van der Waals surface area contributed by atoms with Crippen molar-refractivity contribution in [3.63, 3.8) is 0 Å². The van der Waals surface area contributed by atoms with Gasteiger partial charge in [-0.1, -0.05) is 20.8 Å². The van der Waals surface area contributed by atoms with Crippen LogP contribution in [-0.2, 0) is 4.74 Å². The molecule has 3 nitrogen and oxygen atoms in total. The van der Waals surface area contributed by atoms with Crippen LogP contribution in [0.3, 0.4) is 0 Å². The lowest BCUT2D eigenvalue weighted by Gasteiger charge is -2.43. The molecule has 1 saturated carbocycles. The van der Waals surface area contributed by atoms with E-state index in [4.69, 9.17) is 4.74 Å². The van der Waals surface area contributed by atoms with Crippen LogP contribution in [0.25, 0.3) is 0 Å². The molecule has 2 aliphatic rings. The molecule has 1 aliphatic heterocycles. The number of rotatable bonds is 3. The fourth-order valence-electron chi connectivity index (χ4n) is 3.81. The molecule has 112 valence electrons. The van der Waals surface area contributed by atoms with Crippen LogP contribution in [0.2, 0.25) is 0 Å². The molecular formula is C16H31NO2. The first-order chi connectivity index (χ1) is 8.91. The number of aliphatic hydroxyl groups is 1. The third-order valence-electron chi connectivity index (χ3n) is 5.24. The van der Waals surface area contributed by atoms with E-state index in [1.807, 2.05) is 7.11 Å². The van der Waals surface area contributed by atoms with Crippen molar-refractivity contribution in [1.29, 1.82) is 0 Å². The Morgan fingerprint density at radius 1 is 1.32 bits per heavy atom. The molecule has 2 rings (SSSR count). The number of nitrogens with zero attached hydrogens (tertiary/aromatic N) is 1. The summed E-state index contributed by atoms with van der Waals surface area (Å²) < 4.78 is 5.59. The van der Waals surface area contributed by atoms with E-state index < -0.39 is 0 Å². The van der Waals surface area contributed by atoms with Gasteiger partial charge < -0.3 is 14.7 Å². The molecule has 2 fully saturated rings. The first kappa shape index (κ1) is 15.3. The van der Waals surface area contributed by atoms with Crippen LogP contribution < -0.4 is 0 Å². The monoisotopic (exact) mass is 269 g/mol. The van der Waals surface area contributed by atoms with E-state index in [0.29, 0.717) is 23.4 Å². The number of piperidine rings is 1. The predicted octanol–water partition coefficient (Wildman–Crippen LogP) is 2.53. The Morgan fingerprint density at radius 3 is 2.74 bits per heavy atom. The molecule has 1 N–H and O–H groups in total. The van der Waals surface area contributed by atoms with Gasteiger partial charge in [-0.3, -0.25) is 0 Å². The maximum atomic E-state index is 10.2. The molecule has 0 spiro atoms. The Morgan fingerprint density at radius 2 is 2.05 bits per heavy atom. The van der Waals surface area contributed by atoms with Crippen molar-refractivity contribution in [2.75, 3.05) is 26.7 Å². The van der Waals surface area contributed by atoms with Gasteiger partial charge in [0.15, 0.2) is 0 Å². The summed E-state index contributed by atoms with van der Waals surface area (Å²) >= 11 is 0. The third-order valence-corrected chi connectivity index (χ3v) is 5.24. The Balaban J connectivity index is 1.89. The molecule has 0 aromatic rings. The molecule has 1 heterocycles. The smallest absolute Gasteiger partial charge is 0.0724 e. The molecule has 1 aliphatic carbocycles. The average Bonchev–Trinajstić information content (AvgIpc) is 2.36. The number of aliphatic hydroxyl groups excluding tert-OH is 1. The highest BCUT2D eigenvalue weighted by Gasteiger charge is 2.36. The number of hydrogen-bond acceptors (Lipinski definition) is 3. The summed E-state index contributed by atoms with van der Waals surface area (Å²) in [5.74, 6) is 1.10. The van der Waals surface area contributed by atoms with Crippen LogP contribution in [0.1, 0.15) is 46.5 Å². The molecule has 0 aromatic heterocycles. The molecule has 4 atom stereocenters. The molecule has 0 amide bonds. The highest BCUT2D eigenvalue weighted by atomic mass is 16.5. The van der Waals surface area contributed by atoms with Crippen molar-refractivity contribution in [2.45, 2.75) is 58.7 Å². The van der Waals surface area contributed by atoms with E-state index in [-0.39, 0.29) is 6.10 Å². The van der Waals surface area contributed by atoms with Crippen molar-refractivity contribution >= 4 is 0 Å². The van der Waals surface area contributed by atoms with E-state index in [1.54, 1.807) is 0 Å². The van der Waals surface area contributed by atoms with Crippen LogP contribution in [0.5, 0.6) is 0 Å². The highest BCUT2D eigenvalue weighted by molar-refractivity contribution is 4.88. The predicted molar refractivity (Wildman–Crippen MR) is 78.1 cm³/mol. The van der Waals surface area contributed by atoms with Crippen molar-refractivity contribution < 1.29 is 9.84 Å². The van der Waals surface area contributed by atoms with Crippen LogP contribution in [0.4, 0.5) is 0 Å². The van der Waals surface area contributed by atoms with Crippen LogP contribution in [0.15, 0.2) is 0 Å². The van der Waals surface area contributed by atoms with Gasteiger partial charge in [-0.25, -0.2) is 0 Å². The summed E-state index contributed by atoms with van der Waals surface area (Å²) in [5, 5.41) is 10.2. The van der Waals surface area contributed by atoms with Crippen LogP contribution in [-0.4, -0.2) is 49.0 Å². The van der Waals surface area contributed by atoms with Gasteiger partial charge in [-0.15, -0.1) is 0 Å². The topological polar surface area (TPSA) is 32.7 Å². The van der Waals surface area contributed by atoms with Crippen molar-refractivity contribution in [3.05, 3.63) is 0 Å². The number of ether oxygens (including phenoxy) is 1.